The van der Waals surface area contributed by atoms with Crippen LogP contribution in [0.15, 0.2) is 42.5 Å². The van der Waals surface area contributed by atoms with Gasteiger partial charge in [-0.2, -0.15) is 0 Å². The smallest absolute Gasteiger partial charge is 0.123 e. The third kappa shape index (κ3) is 3.62. The average Bonchev–Trinajstić information content (AvgIpc) is 2.35. The molecular formula is C14H20O. The Labute approximate surface area is 92.4 Å². The van der Waals surface area contributed by atoms with Crippen LogP contribution in [-0.4, -0.2) is 5.11 Å². The second-order valence-electron chi connectivity index (χ2n) is 2.50. The van der Waals surface area contributed by atoms with E-state index in [1.807, 2.05) is 64.1 Å². The van der Waals surface area contributed by atoms with Crippen LogP contribution in [0.3, 0.4) is 0 Å². The lowest BCUT2D eigenvalue weighted by Crippen LogP contribution is -1.70. The van der Waals surface area contributed by atoms with Crippen molar-refractivity contribution in [2.75, 3.05) is 0 Å². The molecule has 0 saturated carbocycles. The van der Waals surface area contributed by atoms with Crippen LogP contribution in [-0.2, 0) is 0 Å². The molecule has 0 saturated heterocycles. The van der Waals surface area contributed by atoms with Gasteiger partial charge in [0, 0.05) is 5.39 Å². The molecule has 2 aromatic carbocycles. The number of aromatic hydroxyl groups is 1. The molecule has 1 nitrogen and oxygen atoms in total. The van der Waals surface area contributed by atoms with Crippen molar-refractivity contribution in [1.82, 2.24) is 0 Å². The van der Waals surface area contributed by atoms with Crippen LogP contribution in [0.5, 0.6) is 5.75 Å². The van der Waals surface area contributed by atoms with Gasteiger partial charge in [0.05, 0.1) is 0 Å². The molecule has 0 fully saturated rings. The topological polar surface area (TPSA) is 20.2 Å². The number of fused-ring (bicyclic) bond motifs is 1. The van der Waals surface area contributed by atoms with Crippen molar-refractivity contribution in [2.45, 2.75) is 27.7 Å². The highest BCUT2D eigenvalue weighted by Crippen LogP contribution is 2.22. The molecule has 0 aliphatic rings. The molecule has 1 heteroatoms. The summed E-state index contributed by atoms with van der Waals surface area (Å²) in [6.07, 6.45) is 0. The fourth-order valence-electron chi connectivity index (χ4n) is 1.21. The standard InChI is InChI=1S/C10H8O.2C2H6/c11-10-7-3-5-8-4-1-2-6-9(8)10;2*1-2/h1-7,11H;2*1-2H3. The van der Waals surface area contributed by atoms with Crippen LogP contribution in [0.2, 0.25) is 0 Å². The van der Waals surface area contributed by atoms with E-state index in [1.54, 1.807) is 6.07 Å². The van der Waals surface area contributed by atoms with E-state index >= 15 is 0 Å². The van der Waals surface area contributed by atoms with Crippen molar-refractivity contribution in [3.63, 3.8) is 0 Å². The first kappa shape index (κ1) is 13.5. The molecule has 0 aliphatic carbocycles. The van der Waals surface area contributed by atoms with E-state index in [4.69, 9.17) is 0 Å². The van der Waals surface area contributed by atoms with E-state index in [0.717, 1.165) is 10.8 Å². The molecule has 0 aliphatic heterocycles. The largest absolute Gasteiger partial charge is 0.507 e. The Balaban J connectivity index is 0.000000442. The zero-order valence-electron chi connectivity index (χ0n) is 9.99. The Kier molecular flexibility index (Phi) is 7.08. The molecular weight excluding hydrogens is 184 g/mol. The highest BCUT2D eigenvalue weighted by Gasteiger charge is 1.94. The second-order valence-corrected chi connectivity index (χ2v) is 2.50. The van der Waals surface area contributed by atoms with Crippen LogP contribution in [0, 0.1) is 0 Å². The number of hydrogen-bond acceptors (Lipinski definition) is 1. The highest BCUT2D eigenvalue weighted by atomic mass is 16.3. The molecule has 1 N–H and O–H groups in total. The summed E-state index contributed by atoms with van der Waals surface area (Å²) in [7, 11) is 0. The first-order valence-electron chi connectivity index (χ1n) is 5.54. The molecule has 2 rings (SSSR count). The van der Waals surface area contributed by atoms with E-state index in [9.17, 15) is 5.11 Å². The van der Waals surface area contributed by atoms with Gasteiger partial charge in [0.25, 0.3) is 0 Å². The zero-order chi connectivity index (χ0) is 11.7. The van der Waals surface area contributed by atoms with Crippen molar-refractivity contribution in [2.24, 2.45) is 0 Å². The summed E-state index contributed by atoms with van der Waals surface area (Å²) >= 11 is 0. The normalized spacial score (nSPS) is 8.27. The van der Waals surface area contributed by atoms with Gasteiger partial charge in [-0.05, 0) is 11.5 Å². The zero-order valence-corrected chi connectivity index (χ0v) is 9.99. The van der Waals surface area contributed by atoms with E-state index in [-0.39, 0.29) is 0 Å². The molecule has 0 amide bonds. The van der Waals surface area contributed by atoms with E-state index in [1.165, 1.54) is 0 Å². The molecule has 0 radical (unpaired) electrons. The number of rotatable bonds is 0. The molecule has 0 heterocycles. The fourth-order valence-corrected chi connectivity index (χ4v) is 1.21. The second kappa shape index (κ2) is 7.86. The lowest BCUT2D eigenvalue weighted by atomic mass is 10.1. The lowest BCUT2D eigenvalue weighted by Gasteiger charge is -1.97. The van der Waals surface area contributed by atoms with Crippen LogP contribution >= 0.6 is 0 Å². The van der Waals surface area contributed by atoms with Gasteiger partial charge >= 0.3 is 0 Å². The number of phenolic OH excluding ortho intramolecular Hbond substituents is 1. The van der Waals surface area contributed by atoms with Crippen molar-refractivity contribution in [1.29, 1.82) is 0 Å². The molecule has 15 heavy (non-hydrogen) atoms. The first-order chi connectivity index (χ1) is 7.38. The van der Waals surface area contributed by atoms with Gasteiger partial charge in [-0.3, -0.25) is 0 Å². The maximum Gasteiger partial charge on any atom is 0.123 e. The maximum absolute atomic E-state index is 9.37. The van der Waals surface area contributed by atoms with Gasteiger partial charge in [-0.15, -0.1) is 0 Å². The van der Waals surface area contributed by atoms with Gasteiger partial charge in [0.2, 0.25) is 0 Å². The predicted molar refractivity (Wildman–Crippen MR) is 68.3 cm³/mol. The fraction of sp³-hybridized carbons (Fsp3) is 0.286. The quantitative estimate of drug-likeness (QED) is 0.665. The molecule has 82 valence electrons. The number of phenols is 1. The Morgan fingerprint density at radius 3 is 1.87 bits per heavy atom. The first-order valence-corrected chi connectivity index (χ1v) is 5.54. The average molecular weight is 204 g/mol. The summed E-state index contributed by atoms with van der Waals surface area (Å²) in [5, 5.41) is 11.4. The minimum absolute atomic E-state index is 0.350. The summed E-state index contributed by atoms with van der Waals surface area (Å²) in [5.41, 5.74) is 0. The van der Waals surface area contributed by atoms with Crippen molar-refractivity contribution in [3.05, 3.63) is 42.5 Å². The Hall–Kier alpha value is -1.50. The molecule has 2 aromatic rings. The molecule has 0 atom stereocenters. The summed E-state index contributed by atoms with van der Waals surface area (Å²) < 4.78 is 0. The molecule has 0 unspecified atom stereocenters. The van der Waals surface area contributed by atoms with Gasteiger partial charge in [-0.25, -0.2) is 0 Å². The summed E-state index contributed by atoms with van der Waals surface area (Å²) in [5.74, 6) is 0.350. The molecule has 0 spiro atoms. The summed E-state index contributed by atoms with van der Waals surface area (Å²) in [6.45, 7) is 8.00. The van der Waals surface area contributed by atoms with Gasteiger partial charge < -0.3 is 5.11 Å². The van der Waals surface area contributed by atoms with E-state index in [0.29, 0.717) is 5.75 Å². The van der Waals surface area contributed by atoms with Gasteiger partial charge in [-0.1, -0.05) is 64.1 Å². The van der Waals surface area contributed by atoms with Gasteiger partial charge in [0.1, 0.15) is 5.75 Å². The van der Waals surface area contributed by atoms with Crippen molar-refractivity contribution in [3.8, 4) is 5.75 Å². The third-order valence-electron chi connectivity index (χ3n) is 1.77. The van der Waals surface area contributed by atoms with Crippen LogP contribution in [0.1, 0.15) is 27.7 Å². The van der Waals surface area contributed by atoms with Crippen molar-refractivity contribution < 1.29 is 5.11 Å². The minimum Gasteiger partial charge on any atom is -0.507 e. The highest BCUT2D eigenvalue weighted by molar-refractivity contribution is 5.87. The Morgan fingerprint density at radius 2 is 1.27 bits per heavy atom. The Morgan fingerprint density at radius 1 is 0.733 bits per heavy atom. The molecule has 0 bridgehead atoms. The van der Waals surface area contributed by atoms with Crippen molar-refractivity contribution >= 4 is 10.8 Å². The maximum atomic E-state index is 9.37. The number of hydrogen-bond donors (Lipinski definition) is 1. The minimum atomic E-state index is 0.350. The predicted octanol–water partition coefficient (Wildman–Crippen LogP) is 4.60. The summed E-state index contributed by atoms with van der Waals surface area (Å²) in [4.78, 5) is 0. The molecule has 0 aromatic heterocycles. The van der Waals surface area contributed by atoms with E-state index in [2.05, 4.69) is 0 Å². The summed E-state index contributed by atoms with van der Waals surface area (Å²) in [6, 6.07) is 13.3. The lowest BCUT2D eigenvalue weighted by molar-refractivity contribution is 0.481. The monoisotopic (exact) mass is 204 g/mol. The number of benzene rings is 2. The van der Waals surface area contributed by atoms with Crippen LogP contribution < -0.4 is 0 Å². The SMILES string of the molecule is CC.CC.Oc1cccc2ccccc12. The van der Waals surface area contributed by atoms with E-state index < -0.39 is 0 Å². The van der Waals surface area contributed by atoms with Crippen LogP contribution in [0.4, 0.5) is 0 Å². The van der Waals surface area contributed by atoms with Crippen LogP contribution in [0.25, 0.3) is 10.8 Å². The van der Waals surface area contributed by atoms with Gasteiger partial charge in [0.15, 0.2) is 0 Å². The Bertz CT molecular complexity index is 375. The third-order valence-corrected chi connectivity index (χ3v) is 1.77.